The zero-order valence-electron chi connectivity index (χ0n) is 10.0. The molecule has 1 saturated heterocycles. The van der Waals surface area contributed by atoms with Crippen molar-refractivity contribution in [2.24, 2.45) is 0 Å². The van der Waals surface area contributed by atoms with Crippen LogP contribution in [0.15, 0.2) is 18.3 Å². The van der Waals surface area contributed by atoms with Crippen LogP contribution in [0.1, 0.15) is 6.92 Å². The van der Waals surface area contributed by atoms with Crippen LogP contribution >= 0.6 is 11.6 Å². The first-order valence-electron chi connectivity index (χ1n) is 5.98. The summed E-state index contributed by atoms with van der Waals surface area (Å²) in [5, 5.41) is 4.05. The van der Waals surface area contributed by atoms with E-state index in [0.717, 1.165) is 38.7 Å². The van der Waals surface area contributed by atoms with Crippen LogP contribution in [0.3, 0.4) is 0 Å². The Bertz CT molecular complexity index is 361. The monoisotopic (exact) mass is 255 g/mol. The number of likely N-dealkylation sites (N-methyl/N-ethyl adjacent to an activating group) is 1. The van der Waals surface area contributed by atoms with Crippen molar-refractivity contribution in [2.45, 2.75) is 13.0 Å². The van der Waals surface area contributed by atoms with Gasteiger partial charge >= 0.3 is 0 Å². The predicted molar refractivity (Wildman–Crippen MR) is 69.7 cm³/mol. The lowest BCUT2D eigenvalue weighted by Gasteiger charge is -2.37. The summed E-state index contributed by atoms with van der Waals surface area (Å²) in [5.41, 5.74) is 0. The highest BCUT2D eigenvalue weighted by Crippen LogP contribution is 2.25. The number of morpholine rings is 1. The molecular weight excluding hydrogens is 238 g/mol. The second-order valence-electron chi connectivity index (χ2n) is 4.04. The van der Waals surface area contributed by atoms with Crippen LogP contribution in [0.2, 0.25) is 5.02 Å². The molecule has 1 aliphatic rings. The number of anilines is 1. The highest BCUT2D eigenvalue weighted by atomic mass is 35.5. The smallest absolute Gasteiger partial charge is 0.147 e. The van der Waals surface area contributed by atoms with Gasteiger partial charge in [-0.25, -0.2) is 4.98 Å². The van der Waals surface area contributed by atoms with Gasteiger partial charge in [0.15, 0.2) is 0 Å². The number of halogens is 1. The van der Waals surface area contributed by atoms with E-state index in [1.165, 1.54) is 0 Å². The maximum absolute atomic E-state index is 6.19. The average Bonchev–Trinajstić information content (AvgIpc) is 2.37. The first kappa shape index (κ1) is 12.6. The minimum absolute atomic E-state index is 0.302. The lowest BCUT2D eigenvalue weighted by molar-refractivity contribution is 0.0935. The van der Waals surface area contributed by atoms with Crippen LogP contribution in [0.5, 0.6) is 0 Å². The molecule has 1 atom stereocenters. The standard InChI is InChI=1S/C12H18ClN3O/c1-2-14-8-10-9-17-7-6-16(10)12-11(13)4-3-5-15-12/h3-5,10,14H,2,6-9H2,1H3. The summed E-state index contributed by atoms with van der Waals surface area (Å²) < 4.78 is 5.52. The number of nitrogens with zero attached hydrogens (tertiary/aromatic N) is 2. The van der Waals surface area contributed by atoms with Gasteiger partial charge in [0, 0.05) is 19.3 Å². The van der Waals surface area contributed by atoms with E-state index in [9.17, 15) is 0 Å². The molecule has 1 unspecified atom stereocenters. The Morgan fingerprint density at radius 3 is 3.29 bits per heavy atom. The molecule has 2 heterocycles. The predicted octanol–water partition coefficient (Wildman–Crippen LogP) is 1.55. The minimum Gasteiger partial charge on any atom is -0.377 e. The lowest BCUT2D eigenvalue weighted by Crippen LogP contribution is -2.51. The Morgan fingerprint density at radius 1 is 1.65 bits per heavy atom. The van der Waals surface area contributed by atoms with Crippen molar-refractivity contribution in [1.29, 1.82) is 0 Å². The van der Waals surface area contributed by atoms with Gasteiger partial charge in [-0.1, -0.05) is 18.5 Å². The number of hydrogen-bond donors (Lipinski definition) is 1. The fourth-order valence-corrected chi connectivity index (χ4v) is 2.23. The summed E-state index contributed by atoms with van der Waals surface area (Å²) in [6.45, 7) is 6.24. The van der Waals surface area contributed by atoms with E-state index < -0.39 is 0 Å². The first-order chi connectivity index (χ1) is 8.33. The molecule has 4 nitrogen and oxygen atoms in total. The molecule has 1 aliphatic heterocycles. The van der Waals surface area contributed by atoms with Gasteiger partial charge in [0.05, 0.1) is 24.3 Å². The van der Waals surface area contributed by atoms with Crippen molar-refractivity contribution < 1.29 is 4.74 Å². The minimum atomic E-state index is 0.302. The molecule has 1 aromatic heterocycles. The topological polar surface area (TPSA) is 37.4 Å². The number of pyridine rings is 1. The van der Waals surface area contributed by atoms with E-state index in [1.807, 2.05) is 12.1 Å². The Hall–Kier alpha value is -0.840. The van der Waals surface area contributed by atoms with Gasteiger partial charge in [0.25, 0.3) is 0 Å². The number of hydrogen-bond acceptors (Lipinski definition) is 4. The van der Waals surface area contributed by atoms with E-state index >= 15 is 0 Å². The summed E-state index contributed by atoms with van der Waals surface area (Å²) in [7, 11) is 0. The SMILES string of the molecule is CCNCC1COCCN1c1ncccc1Cl. The molecule has 1 fully saturated rings. The van der Waals surface area contributed by atoms with E-state index in [0.29, 0.717) is 11.1 Å². The third-order valence-electron chi connectivity index (χ3n) is 2.87. The second kappa shape index (κ2) is 6.19. The normalized spacial score (nSPS) is 20.6. The highest BCUT2D eigenvalue weighted by Gasteiger charge is 2.25. The van der Waals surface area contributed by atoms with E-state index in [2.05, 4.69) is 22.1 Å². The summed E-state index contributed by atoms with van der Waals surface area (Å²) in [4.78, 5) is 6.60. The molecule has 1 N–H and O–H groups in total. The van der Waals surface area contributed by atoms with Crippen LogP contribution in [0.4, 0.5) is 5.82 Å². The van der Waals surface area contributed by atoms with Gasteiger partial charge in [-0.15, -0.1) is 0 Å². The fourth-order valence-electron chi connectivity index (χ4n) is 2.00. The molecule has 2 rings (SSSR count). The molecule has 0 spiro atoms. The van der Waals surface area contributed by atoms with Crippen molar-refractivity contribution in [1.82, 2.24) is 10.3 Å². The maximum Gasteiger partial charge on any atom is 0.147 e. The van der Waals surface area contributed by atoms with Crippen molar-refractivity contribution >= 4 is 17.4 Å². The van der Waals surface area contributed by atoms with Gasteiger partial charge in [-0.2, -0.15) is 0 Å². The number of ether oxygens (including phenoxy) is 1. The lowest BCUT2D eigenvalue weighted by atomic mass is 10.2. The zero-order chi connectivity index (χ0) is 12.1. The van der Waals surface area contributed by atoms with Gasteiger partial charge in [-0.3, -0.25) is 0 Å². The largest absolute Gasteiger partial charge is 0.377 e. The molecule has 1 aromatic rings. The molecule has 94 valence electrons. The van der Waals surface area contributed by atoms with Gasteiger partial charge in [0.2, 0.25) is 0 Å². The van der Waals surface area contributed by atoms with Crippen LogP contribution in [-0.4, -0.2) is 43.9 Å². The molecule has 0 amide bonds. The molecule has 0 saturated carbocycles. The van der Waals surface area contributed by atoms with Crippen molar-refractivity contribution in [3.8, 4) is 0 Å². The molecule has 0 bridgehead atoms. The average molecular weight is 256 g/mol. The Kier molecular flexibility index (Phi) is 4.59. The third kappa shape index (κ3) is 3.09. The van der Waals surface area contributed by atoms with Crippen LogP contribution in [0.25, 0.3) is 0 Å². The zero-order valence-corrected chi connectivity index (χ0v) is 10.8. The molecule has 0 aromatic carbocycles. The van der Waals surface area contributed by atoms with E-state index in [1.54, 1.807) is 6.20 Å². The van der Waals surface area contributed by atoms with Gasteiger partial charge < -0.3 is 15.0 Å². The highest BCUT2D eigenvalue weighted by molar-refractivity contribution is 6.32. The Morgan fingerprint density at radius 2 is 2.53 bits per heavy atom. The maximum atomic E-state index is 6.19. The Balaban J connectivity index is 2.13. The van der Waals surface area contributed by atoms with Crippen molar-refractivity contribution in [3.05, 3.63) is 23.4 Å². The second-order valence-corrected chi connectivity index (χ2v) is 4.45. The summed E-state index contributed by atoms with van der Waals surface area (Å²) >= 11 is 6.19. The number of aromatic nitrogens is 1. The molecule has 0 radical (unpaired) electrons. The molecule has 5 heteroatoms. The first-order valence-corrected chi connectivity index (χ1v) is 6.36. The fraction of sp³-hybridized carbons (Fsp3) is 0.583. The molecular formula is C12H18ClN3O. The number of rotatable bonds is 4. The van der Waals surface area contributed by atoms with E-state index in [-0.39, 0.29) is 0 Å². The quantitative estimate of drug-likeness (QED) is 0.886. The third-order valence-corrected chi connectivity index (χ3v) is 3.16. The van der Waals surface area contributed by atoms with E-state index in [4.69, 9.17) is 16.3 Å². The Labute approximate surface area is 107 Å². The summed E-state index contributed by atoms with van der Waals surface area (Å²) in [5.74, 6) is 0.861. The molecule has 0 aliphatic carbocycles. The van der Waals surface area contributed by atoms with Crippen LogP contribution in [0, 0.1) is 0 Å². The summed E-state index contributed by atoms with van der Waals surface area (Å²) in [6.07, 6.45) is 1.78. The van der Waals surface area contributed by atoms with Gasteiger partial charge in [-0.05, 0) is 18.7 Å². The van der Waals surface area contributed by atoms with Gasteiger partial charge in [0.1, 0.15) is 5.82 Å². The van der Waals surface area contributed by atoms with Crippen LogP contribution < -0.4 is 10.2 Å². The summed E-state index contributed by atoms with van der Waals surface area (Å²) in [6, 6.07) is 4.03. The van der Waals surface area contributed by atoms with Crippen molar-refractivity contribution in [3.63, 3.8) is 0 Å². The number of nitrogens with one attached hydrogen (secondary N) is 1. The van der Waals surface area contributed by atoms with Crippen LogP contribution in [-0.2, 0) is 4.74 Å². The molecule has 17 heavy (non-hydrogen) atoms. The van der Waals surface area contributed by atoms with Crippen molar-refractivity contribution in [2.75, 3.05) is 37.7 Å².